The van der Waals surface area contributed by atoms with Crippen LogP contribution in [-0.4, -0.2) is 63.9 Å². The zero-order chi connectivity index (χ0) is 48.6. The molecule has 0 radical (unpaired) electrons. The minimum atomic E-state index is -1.01. The van der Waals surface area contributed by atoms with E-state index in [2.05, 4.69) is 132 Å². The normalized spacial score (nSPS) is 12.8. The fraction of sp³-hybridized carbons (Fsp3) is 0.180. The van der Waals surface area contributed by atoms with Crippen LogP contribution in [0.4, 0.5) is 11.4 Å². The van der Waals surface area contributed by atoms with E-state index in [0.717, 1.165) is 32.6 Å². The summed E-state index contributed by atoms with van der Waals surface area (Å²) in [6.07, 6.45) is 7.07. The highest BCUT2D eigenvalue weighted by atomic mass is 79.9. The average molecular weight is 1120 g/mol. The predicted molar refractivity (Wildman–Crippen MR) is 284 cm³/mol. The van der Waals surface area contributed by atoms with Gasteiger partial charge in [0.15, 0.2) is 9.93 Å². The van der Waals surface area contributed by atoms with E-state index in [4.69, 9.17) is 51.4 Å². The molecule has 10 rings (SSSR count). The van der Waals surface area contributed by atoms with Crippen molar-refractivity contribution in [2.75, 3.05) is 23.4 Å². The Morgan fingerprint density at radius 2 is 1.40 bits per heavy atom. The van der Waals surface area contributed by atoms with Gasteiger partial charge in [-0.15, -0.1) is 10.2 Å². The first-order valence-electron chi connectivity index (χ1n) is 21.2. The third-order valence-corrected chi connectivity index (χ3v) is 13.9. The lowest BCUT2D eigenvalue weighted by Crippen LogP contribution is -2.15. The molecule has 6 aromatic carbocycles. The number of aryl methyl sites for hydroxylation is 1. The van der Waals surface area contributed by atoms with Gasteiger partial charge in [0, 0.05) is 17.0 Å². The number of H-pyrrole nitrogens is 1. The third kappa shape index (κ3) is 12.4. The molecule has 2 saturated carbocycles. The molecule has 0 unspecified atom stereocenters. The van der Waals surface area contributed by atoms with Gasteiger partial charge in [-0.3, -0.25) is 13.9 Å². The molecule has 2 heterocycles. The highest BCUT2D eigenvalue weighted by Gasteiger charge is 2.27. The Kier molecular flexibility index (Phi) is 16.9. The van der Waals surface area contributed by atoms with Crippen LogP contribution in [0.2, 0.25) is 10.0 Å². The second kappa shape index (κ2) is 22.8. The zero-order valence-electron chi connectivity index (χ0n) is 36.4. The van der Waals surface area contributed by atoms with Gasteiger partial charge in [-0.2, -0.15) is 0 Å². The molecule has 2 aliphatic rings. The van der Waals surface area contributed by atoms with Gasteiger partial charge < -0.3 is 31.4 Å². The number of nitrogens with one attached hydrogen (secondary N) is 2. The van der Waals surface area contributed by atoms with E-state index in [9.17, 15) is 14.7 Å². The van der Waals surface area contributed by atoms with Gasteiger partial charge in [0.25, 0.3) is 0 Å². The van der Waals surface area contributed by atoms with Crippen molar-refractivity contribution in [1.29, 1.82) is 0 Å². The molecule has 2 aliphatic carbocycles. The number of carbonyl (C=O) groups is 2. The molecule has 0 aliphatic heterocycles. The Morgan fingerprint density at radius 1 is 0.824 bits per heavy atom. The lowest BCUT2D eigenvalue weighted by atomic mass is 9.99. The van der Waals surface area contributed by atoms with Crippen LogP contribution in [0.15, 0.2) is 142 Å². The van der Waals surface area contributed by atoms with Crippen molar-refractivity contribution in [3.05, 3.63) is 174 Å². The molecule has 2 fully saturated rings. The maximum atomic E-state index is 10.8. The van der Waals surface area contributed by atoms with Crippen LogP contribution in [0, 0.1) is 11.7 Å². The first-order chi connectivity index (χ1) is 32.6. The number of hydrogen-bond donors (Lipinski definition) is 6. The van der Waals surface area contributed by atoms with Gasteiger partial charge in [0.2, 0.25) is 10.6 Å². The van der Waals surface area contributed by atoms with Crippen LogP contribution in [0.5, 0.6) is 0 Å². The average Bonchev–Trinajstić information content (AvgIpc) is 4.28. The number of amides is 1. The van der Waals surface area contributed by atoms with Crippen molar-refractivity contribution in [2.24, 2.45) is 0 Å². The number of carboxylic acids is 1. The summed E-state index contributed by atoms with van der Waals surface area (Å²) in [6, 6.07) is 35.4. The van der Waals surface area contributed by atoms with Gasteiger partial charge in [-0.25, -0.2) is 4.79 Å². The summed E-state index contributed by atoms with van der Waals surface area (Å²) in [7, 11) is 0. The number of halogens is 4. The fourth-order valence-electron chi connectivity index (χ4n) is 7.34. The second-order valence-corrected chi connectivity index (χ2v) is 19.6. The number of carbonyl (C=O) groups excluding carboxylic acids is 1. The molecule has 0 atom stereocenters. The number of benzene rings is 6. The van der Waals surface area contributed by atoms with Crippen molar-refractivity contribution in [2.45, 2.75) is 49.6 Å². The van der Waals surface area contributed by atoms with Crippen LogP contribution in [0.1, 0.15) is 64.6 Å². The first kappa shape index (κ1) is 50.4. The molecule has 0 spiro atoms. The van der Waals surface area contributed by atoms with E-state index in [1.807, 2.05) is 28.3 Å². The zero-order valence-corrected chi connectivity index (χ0v) is 42.7. The van der Waals surface area contributed by atoms with E-state index < -0.39 is 18.5 Å². The van der Waals surface area contributed by atoms with E-state index in [-0.39, 0.29) is 16.3 Å². The number of hydrogen-bond acceptors (Lipinski definition) is 9. The SMILES string of the molecule is C=C(O)CSc1nnc(Br)n1-c1ccc(C2CC2)c2ccccc12.Cc1ccc(NC(=O)CO)c(Cl)c1.Nc1ccc(C(=O)O)cc1Cl.S=c1[nH]cc(Br)n1-c1ccc(C2CC2)c2ccccc12. The molecule has 12 nitrogen and oxygen atoms in total. The number of thioether (sulfide) groups is 1. The third-order valence-electron chi connectivity index (χ3n) is 10.9. The Hall–Kier alpha value is -5.46. The molecule has 7 N–H and O–H groups in total. The second-order valence-electron chi connectivity index (χ2n) is 15.9. The number of aromatic nitrogens is 5. The molecule has 2 aromatic heterocycles. The number of aliphatic hydroxyl groups excluding tert-OH is 2. The van der Waals surface area contributed by atoms with E-state index in [1.165, 1.54) is 88.3 Å². The highest BCUT2D eigenvalue weighted by Crippen LogP contribution is 2.45. The summed E-state index contributed by atoms with van der Waals surface area (Å²) in [6.45, 7) is 4.90. The Balaban J connectivity index is 0.000000141. The molecule has 8 aromatic rings. The van der Waals surface area contributed by atoms with Crippen LogP contribution in [0.3, 0.4) is 0 Å². The van der Waals surface area contributed by atoms with E-state index >= 15 is 0 Å². The van der Waals surface area contributed by atoms with Gasteiger partial charge in [0.1, 0.15) is 11.2 Å². The monoisotopic (exact) mass is 1120 g/mol. The summed E-state index contributed by atoms with van der Waals surface area (Å²) in [5.74, 6) is 0.483. The number of nitrogens with zero attached hydrogens (tertiary/aromatic N) is 4. The number of nitrogens with two attached hydrogens (primary N) is 1. The van der Waals surface area contributed by atoms with Crippen molar-refractivity contribution < 1.29 is 24.9 Å². The number of aromatic carboxylic acids is 1. The largest absolute Gasteiger partial charge is 0.512 e. The first-order valence-corrected chi connectivity index (χ1v) is 24.9. The van der Waals surface area contributed by atoms with Crippen molar-refractivity contribution in [1.82, 2.24) is 24.3 Å². The standard InChI is InChI=1S/C18H16BrN3OS.C16H13BrN2S.C9H10ClNO2.C7H6ClNO2/c1-11(23)10-24-18-21-20-17(19)22(18)16-9-8-13(12-6-7-12)14-4-2-3-5-15(14)16;17-15-9-18-16(20)19(15)14-8-7-11(10-5-6-10)12-3-1-2-4-13(12)14;1-6-2-3-8(7(10)4-6)11-9(13)5-12;8-5-3-4(7(10)11)1-2-6(5)9/h2-5,8-9,12,23H,1,6-7,10H2;1-4,7-10H,5-6H2,(H,18,20);2-4,12H,5H2,1H3,(H,11,13);1-3H,9H2,(H,10,11). The maximum Gasteiger partial charge on any atom is 0.335 e. The summed E-state index contributed by atoms with van der Waals surface area (Å²) in [4.78, 5) is 24.2. The van der Waals surface area contributed by atoms with Crippen LogP contribution in [-0.2, 0) is 4.79 Å². The Morgan fingerprint density at radius 3 is 1.88 bits per heavy atom. The van der Waals surface area contributed by atoms with Crippen molar-refractivity contribution in [3.8, 4) is 11.4 Å². The predicted octanol–water partition coefficient (Wildman–Crippen LogP) is 13.8. The lowest BCUT2D eigenvalue weighted by molar-refractivity contribution is -0.118. The quantitative estimate of drug-likeness (QED) is 0.0333. The minimum absolute atomic E-state index is 0.125. The number of nitrogen functional groups attached to an aromatic ring is 1. The molecule has 1 amide bonds. The van der Waals surface area contributed by atoms with Crippen molar-refractivity contribution >= 4 is 124 Å². The Labute approximate surface area is 428 Å². The summed E-state index contributed by atoms with van der Waals surface area (Å²) < 4.78 is 6.33. The van der Waals surface area contributed by atoms with E-state index in [1.54, 1.807) is 12.1 Å². The summed E-state index contributed by atoms with van der Waals surface area (Å²) in [5, 5.41) is 43.7. The number of aliphatic hydroxyl groups is 2. The Bertz CT molecular complexity index is 3230. The summed E-state index contributed by atoms with van der Waals surface area (Å²) in [5.41, 5.74) is 12.5. The molecule has 0 saturated heterocycles. The fourth-order valence-corrected chi connectivity index (χ4v) is 9.93. The van der Waals surface area contributed by atoms with Crippen molar-refractivity contribution in [3.63, 3.8) is 0 Å². The molecular formula is C50H45Br2Cl2N7O5S2. The smallest absolute Gasteiger partial charge is 0.335 e. The van der Waals surface area contributed by atoms with E-state index in [0.29, 0.717) is 37.6 Å². The minimum Gasteiger partial charge on any atom is -0.512 e. The van der Waals surface area contributed by atoms with Gasteiger partial charge in [-0.05, 0) is 158 Å². The van der Waals surface area contributed by atoms with Crippen LogP contribution in [0.25, 0.3) is 32.9 Å². The van der Waals surface area contributed by atoms with Gasteiger partial charge in [0.05, 0.1) is 49.9 Å². The molecule has 0 bridgehead atoms. The van der Waals surface area contributed by atoms with Gasteiger partial charge in [-0.1, -0.05) is 108 Å². The van der Waals surface area contributed by atoms with Crippen LogP contribution >= 0.6 is 79.0 Å². The number of aromatic amines is 1. The number of carboxylic acid groups (broad SMARTS) is 1. The number of rotatable bonds is 10. The topological polar surface area (TPSA) is 184 Å². The number of anilines is 2. The molecule has 68 heavy (non-hydrogen) atoms. The maximum absolute atomic E-state index is 10.8. The van der Waals surface area contributed by atoms with Crippen LogP contribution < -0.4 is 11.1 Å². The van der Waals surface area contributed by atoms with Gasteiger partial charge >= 0.3 is 5.97 Å². The number of fused-ring (bicyclic) bond motifs is 2. The molecular weight excluding hydrogens is 1070 g/mol. The lowest BCUT2D eigenvalue weighted by Gasteiger charge is -2.13. The summed E-state index contributed by atoms with van der Waals surface area (Å²) >= 11 is 25.3. The highest BCUT2D eigenvalue weighted by molar-refractivity contribution is 9.10. The molecule has 350 valence electrons. The number of imidazole rings is 1. The molecule has 18 heteroatoms.